The topological polar surface area (TPSA) is 47.1 Å². The van der Waals surface area contributed by atoms with Gasteiger partial charge in [-0.25, -0.2) is 0 Å². The van der Waals surface area contributed by atoms with Crippen molar-refractivity contribution in [3.63, 3.8) is 0 Å². The van der Waals surface area contributed by atoms with Gasteiger partial charge in [0.1, 0.15) is 0 Å². The van der Waals surface area contributed by atoms with Crippen molar-refractivity contribution in [3.05, 3.63) is 47.1 Å². The van der Waals surface area contributed by atoms with Crippen LogP contribution in [0.25, 0.3) is 17.1 Å². The molecule has 1 aromatic carbocycles. The minimum absolute atomic E-state index is 0. The monoisotopic (exact) mass is 542 g/mol. The number of aryl methyl sites for hydroxylation is 3. The van der Waals surface area contributed by atoms with Crippen LogP contribution in [-0.2, 0) is 39.4 Å². The minimum Gasteiger partial charge on any atom is -0.438 e. The van der Waals surface area contributed by atoms with Crippen molar-refractivity contribution in [2.24, 2.45) is 0 Å². The van der Waals surface area contributed by atoms with Gasteiger partial charge in [0.05, 0.1) is 0 Å². The fourth-order valence-electron chi connectivity index (χ4n) is 3.93. The Labute approximate surface area is 174 Å². The standard InChI is InChI=1S/C21H25N4O.Ir/c1-5-15-11-17(24(3)4)10-14(2)20(15)25-19-9-7-6-8-18(19)23-21(25)16-12-22-26-13-16;/h10-11,13H,5-9H2,1-4H3;/q-1;. The number of aromatic nitrogens is 3. The predicted molar refractivity (Wildman–Crippen MR) is 103 cm³/mol. The summed E-state index contributed by atoms with van der Waals surface area (Å²) in [7, 11) is 4.18. The van der Waals surface area contributed by atoms with Crippen LogP contribution in [0.2, 0.25) is 0 Å². The van der Waals surface area contributed by atoms with Crippen LogP contribution < -0.4 is 4.90 Å². The molecule has 0 saturated heterocycles. The SMILES string of the molecule is CCc1cc(N(C)C)cc(C)c1-n1c(-c2[c-]noc2)nc2c1CCCC2.[Ir]. The van der Waals surface area contributed by atoms with Crippen molar-refractivity contribution in [2.75, 3.05) is 19.0 Å². The quantitative estimate of drug-likeness (QED) is 0.466. The first kappa shape index (κ1) is 19.8. The number of fused-ring (bicyclic) bond motifs is 1. The summed E-state index contributed by atoms with van der Waals surface area (Å²) in [5.74, 6) is 0.897. The molecule has 0 amide bonds. The van der Waals surface area contributed by atoms with Crippen LogP contribution in [0.3, 0.4) is 0 Å². The van der Waals surface area contributed by atoms with Crippen molar-refractivity contribution in [3.8, 4) is 17.1 Å². The summed E-state index contributed by atoms with van der Waals surface area (Å²) in [6.45, 7) is 4.41. The summed E-state index contributed by atoms with van der Waals surface area (Å²) >= 11 is 0. The van der Waals surface area contributed by atoms with Gasteiger partial charge in [0, 0.05) is 69.1 Å². The van der Waals surface area contributed by atoms with Gasteiger partial charge in [-0.2, -0.15) is 5.16 Å². The molecule has 6 heteroatoms. The van der Waals surface area contributed by atoms with Gasteiger partial charge >= 0.3 is 0 Å². The molecule has 0 saturated carbocycles. The van der Waals surface area contributed by atoms with Gasteiger partial charge in [0.2, 0.25) is 0 Å². The van der Waals surface area contributed by atoms with Crippen molar-refractivity contribution in [2.45, 2.75) is 46.0 Å². The van der Waals surface area contributed by atoms with Gasteiger partial charge in [-0.15, -0.1) is 0 Å². The third-order valence-electron chi connectivity index (χ3n) is 5.25. The van der Waals surface area contributed by atoms with Crippen LogP contribution in [-0.4, -0.2) is 28.8 Å². The second-order valence-electron chi connectivity index (χ2n) is 7.23. The van der Waals surface area contributed by atoms with Crippen LogP contribution in [0.4, 0.5) is 5.69 Å². The molecule has 2 heterocycles. The maximum Gasteiger partial charge on any atom is 0.0467 e. The van der Waals surface area contributed by atoms with Crippen molar-refractivity contribution in [1.29, 1.82) is 0 Å². The summed E-state index contributed by atoms with van der Waals surface area (Å²) in [4.78, 5) is 7.13. The van der Waals surface area contributed by atoms with Crippen LogP contribution in [0.5, 0.6) is 0 Å². The first-order valence-electron chi connectivity index (χ1n) is 9.34. The van der Waals surface area contributed by atoms with Crippen molar-refractivity contribution < 1.29 is 24.6 Å². The molecule has 5 nitrogen and oxygen atoms in total. The van der Waals surface area contributed by atoms with Crippen LogP contribution >= 0.6 is 0 Å². The third kappa shape index (κ3) is 3.48. The number of anilines is 1. The Hall–Kier alpha value is -1.91. The Kier molecular flexibility index (Phi) is 5.87. The molecule has 1 aliphatic carbocycles. The van der Waals surface area contributed by atoms with Crippen molar-refractivity contribution in [1.82, 2.24) is 14.7 Å². The van der Waals surface area contributed by atoms with E-state index >= 15 is 0 Å². The average Bonchev–Trinajstić information content (AvgIpc) is 3.28. The molecule has 0 atom stereocenters. The molecule has 0 N–H and O–H groups in total. The molecule has 1 aliphatic rings. The second-order valence-corrected chi connectivity index (χ2v) is 7.23. The Bertz CT molecular complexity index is 928. The van der Waals surface area contributed by atoms with E-state index in [0.717, 1.165) is 30.7 Å². The number of hydrogen-bond donors (Lipinski definition) is 0. The zero-order valence-electron chi connectivity index (χ0n) is 16.3. The van der Waals surface area contributed by atoms with E-state index in [1.54, 1.807) is 6.26 Å². The molecule has 0 spiro atoms. The Balaban J connectivity index is 0.00000210. The van der Waals surface area contributed by atoms with E-state index in [1.807, 2.05) is 0 Å². The van der Waals surface area contributed by atoms with Crippen LogP contribution in [0, 0.1) is 13.1 Å². The van der Waals surface area contributed by atoms with Gasteiger partial charge in [-0.3, -0.25) is 4.98 Å². The van der Waals surface area contributed by atoms with E-state index in [0.29, 0.717) is 0 Å². The Morgan fingerprint density at radius 2 is 2.00 bits per heavy atom. The number of rotatable bonds is 4. The first-order valence-corrected chi connectivity index (χ1v) is 9.34. The largest absolute Gasteiger partial charge is 0.438 e. The Morgan fingerprint density at radius 3 is 2.67 bits per heavy atom. The minimum atomic E-state index is 0. The summed E-state index contributed by atoms with van der Waals surface area (Å²) in [5.41, 5.74) is 8.43. The number of imidazole rings is 1. The molecule has 0 fully saturated rings. The molecule has 1 radical (unpaired) electrons. The van der Waals surface area contributed by atoms with E-state index in [1.165, 1.54) is 46.7 Å². The zero-order valence-corrected chi connectivity index (χ0v) is 18.7. The molecule has 0 aliphatic heterocycles. The van der Waals surface area contributed by atoms with Gasteiger partial charge in [-0.1, -0.05) is 12.5 Å². The van der Waals surface area contributed by atoms with Gasteiger partial charge in [0.25, 0.3) is 0 Å². The molecular formula is C21H25IrN4O-. The Morgan fingerprint density at radius 1 is 1.22 bits per heavy atom. The molecule has 4 rings (SSSR count). The van der Waals surface area contributed by atoms with E-state index in [9.17, 15) is 0 Å². The smallest absolute Gasteiger partial charge is 0.0467 e. The third-order valence-corrected chi connectivity index (χ3v) is 5.25. The van der Waals surface area contributed by atoms with E-state index in [4.69, 9.17) is 9.51 Å². The van der Waals surface area contributed by atoms with E-state index in [2.05, 4.69) is 60.9 Å². The van der Waals surface area contributed by atoms with Crippen LogP contribution in [0.1, 0.15) is 42.3 Å². The maximum atomic E-state index is 5.06. The summed E-state index contributed by atoms with van der Waals surface area (Å²) < 4.78 is 7.40. The zero-order chi connectivity index (χ0) is 18.3. The molecule has 145 valence electrons. The molecule has 0 bridgehead atoms. The molecule has 0 unspecified atom stereocenters. The van der Waals surface area contributed by atoms with Gasteiger partial charge in [-0.05, 0) is 68.5 Å². The second kappa shape index (κ2) is 7.99. The summed E-state index contributed by atoms with van der Waals surface area (Å²) in [6, 6.07) is 4.55. The average molecular weight is 542 g/mol. The predicted octanol–water partition coefficient (Wildman–Crippen LogP) is 4.14. The van der Waals surface area contributed by atoms with Gasteiger partial charge < -0.3 is 14.0 Å². The number of benzene rings is 1. The molecule has 27 heavy (non-hydrogen) atoms. The van der Waals surface area contributed by atoms with E-state index < -0.39 is 0 Å². The first-order chi connectivity index (χ1) is 12.6. The fourth-order valence-corrected chi connectivity index (χ4v) is 3.93. The summed E-state index contributed by atoms with van der Waals surface area (Å²) in [6.07, 6.45) is 10.1. The van der Waals surface area contributed by atoms with Crippen molar-refractivity contribution >= 4 is 5.69 Å². The van der Waals surface area contributed by atoms with E-state index in [-0.39, 0.29) is 20.1 Å². The maximum absolute atomic E-state index is 5.06. The van der Waals surface area contributed by atoms with Gasteiger partial charge in [0.15, 0.2) is 0 Å². The van der Waals surface area contributed by atoms with Crippen LogP contribution in [0.15, 0.2) is 22.9 Å². The molecule has 3 aromatic rings. The normalized spacial score (nSPS) is 13.2. The fraction of sp³-hybridized carbons (Fsp3) is 0.429. The molecular weight excluding hydrogens is 516 g/mol. The summed E-state index contributed by atoms with van der Waals surface area (Å²) in [5, 5.41) is 3.78. The number of hydrogen-bond acceptors (Lipinski definition) is 4. The molecule has 2 aromatic heterocycles. The number of nitrogens with zero attached hydrogens (tertiary/aromatic N) is 4.